The minimum absolute atomic E-state index is 0.0439. The van der Waals surface area contributed by atoms with Gasteiger partial charge >= 0.3 is 5.69 Å². The summed E-state index contributed by atoms with van der Waals surface area (Å²) in [6.45, 7) is 8.19. The van der Waals surface area contributed by atoms with Crippen molar-refractivity contribution in [1.82, 2.24) is 14.8 Å². The van der Waals surface area contributed by atoms with Crippen LogP contribution in [0, 0.1) is 0 Å². The number of nitrogens with zero attached hydrogens (tertiary/aromatic N) is 2. The molecule has 1 aromatic carbocycles. The van der Waals surface area contributed by atoms with Crippen LogP contribution in [0.25, 0.3) is 5.69 Å². The molecule has 0 saturated heterocycles. The van der Waals surface area contributed by atoms with Gasteiger partial charge < -0.3 is 9.47 Å². The number of ether oxygens (including phenoxy) is 2. The van der Waals surface area contributed by atoms with Crippen molar-refractivity contribution in [2.75, 3.05) is 6.61 Å². The third-order valence-corrected chi connectivity index (χ3v) is 2.94. The van der Waals surface area contributed by atoms with Crippen LogP contribution in [0.2, 0.25) is 0 Å². The number of hydrogen-bond donors (Lipinski definition) is 1. The molecule has 2 aromatic rings. The lowest BCUT2D eigenvalue weighted by Gasteiger charge is -2.17. The molecule has 0 saturated carbocycles. The summed E-state index contributed by atoms with van der Waals surface area (Å²) in [7, 11) is 0. The fourth-order valence-corrected chi connectivity index (χ4v) is 2.20. The van der Waals surface area contributed by atoms with Crippen LogP contribution in [0.15, 0.2) is 29.1 Å². The van der Waals surface area contributed by atoms with Gasteiger partial charge in [0, 0.05) is 0 Å². The van der Waals surface area contributed by atoms with Gasteiger partial charge in [0.2, 0.25) is 0 Å². The zero-order valence-electron chi connectivity index (χ0n) is 12.8. The Morgan fingerprint density at radius 1 is 1.29 bits per heavy atom. The van der Waals surface area contributed by atoms with Gasteiger partial charge in [0.05, 0.1) is 18.4 Å². The van der Waals surface area contributed by atoms with Gasteiger partial charge in [0.1, 0.15) is 11.9 Å². The van der Waals surface area contributed by atoms with Crippen molar-refractivity contribution < 1.29 is 9.47 Å². The normalized spacial score (nSPS) is 12.6. The minimum atomic E-state index is -0.309. The van der Waals surface area contributed by atoms with Crippen molar-refractivity contribution in [3.63, 3.8) is 0 Å². The van der Waals surface area contributed by atoms with Gasteiger partial charge in [0.25, 0.3) is 0 Å². The lowest BCUT2D eigenvalue weighted by molar-refractivity contribution is 0.0118. The van der Waals surface area contributed by atoms with Crippen LogP contribution in [-0.4, -0.2) is 27.5 Å². The van der Waals surface area contributed by atoms with Crippen molar-refractivity contribution in [2.24, 2.45) is 0 Å². The second-order valence-electron chi connectivity index (χ2n) is 4.95. The highest BCUT2D eigenvalue weighted by Gasteiger charge is 2.20. The highest BCUT2D eigenvalue weighted by Crippen LogP contribution is 2.25. The van der Waals surface area contributed by atoms with Crippen LogP contribution in [0.5, 0.6) is 5.75 Å². The van der Waals surface area contributed by atoms with Gasteiger partial charge in [-0.15, -0.1) is 0 Å². The summed E-state index contributed by atoms with van der Waals surface area (Å²) in [5, 5.41) is 6.57. The Labute approximate surface area is 123 Å². The summed E-state index contributed by atoms with van der Waals surface area (Å²) < 4.78 is 12.8. The standard InChI is InChI=1S/C15H21N3O3/c1-5-20-13-9-7-6-8-12(13)18-14(16-17-15(18)19)11(4)21-10(2)3/h6-11H,5H2,1-4H3,(H,17,19)/t11-/m1/s1. The molecular weight excluding hydrogens is 270 g/mol. The van der Waals surface area contributed by atoms with E-state index >= 15 is 0 Å². The maximum atomic E-state index is 12.1. The number of para-hydroxylation sites is 2. The summed E-state index contributed by atoms with van der Waals surface area (Å²) >= 11 is 0. The monoisotopic (exact) mass is 291 g/mol. The first-order valence-corrected chi connectivity index (χ1v) is 7.09. The van der Waals surface area contributed by atoms with E-state index in [1.165, 1.54) is 4.57 Å². The molecule has 6 heteroatoms. The summed E-state index contributed by atoms with van der Waals surface area (Å²) in [4.78, 5) is 12.1. The van der Waals surface area contributed by atoms with Crippen LogP contribution in [-0.2, 0) is 4.74 Å². The van der Waals surface area contributed by atoms with E-state index in [-0.39, 0.29) is 17.9 Å². The molecule has 2 rings (SSSR count). The predicted molar refractivity (Wildman–Crippen MR) is 80.0 cm³/mol. The van der Waals surface area contributed by atoms with E-state index in [1.807, 2.05) is 52.0 Å². The molecule has 1 N–H and O–H groups in total. The van der Waals surface area contributed by atoms with Crippen LogP contribution in [0.1, 0.15) is 39.6 Å². The summed E-state index contributed by atoms with van der Waals surface area (Å²) in [5.41, 5.74) is 0.351. The minimum Gasteiger partial charge on any atom is -0.492 e. The smallest absolute Gasteiger partial charge is 0.348 e. The maximum Gasteiger partial charge on any atom is 0.348 e. The first kappa shape index (κ1) is 15.3. The van der Waals surface area contributed by atoms with E-state index in [9.17, 15) is 4.79 Å². The lowest BCUT2D eigenvalue weighted by Crippen LogP contribution is -2.20. The number of aromatic nitrogens is 3. The average molecular weight is 291 g/mol. The molecule has 0 bridgehead atoms. The Balaban J connectivity index is 2.49. The van der Waals surface area contributed by atoms with Crippen molar-refractivity contribution in [3.05, 3.63) is 40.6 Å². The van der Waals surface area contributed by atoms with Crippen LogP contribution in [0.4, 0.5) is 0 Å². The molecule has 1 aromatic heterocycles. The molecule has 21 heavy (non-hydrogen) atoms. The fourth-order valence-electron chi connectivity index (χ4n) is 2.20. The van der Waals surface area contributed by atoms with Crippen molar-refractivity contribution in [2.45, 2.75) is 39.9 Å². The van der Waals surface area contributed by atoms with Crippen molar-refractivity contribution >= 4 is 0 Å². The Bertz CT molecular complexity index is 646. The number of nitrogens with one attached hydrogen (secondary N) is 1. The predicted octanol–water partition coefficient (Wildman–Crippen LogP) is 2.45. The number of H-pyrrole nitrogens is 1. The summed E-state index contributed by atoms with van der Waals surface area (Å²) in [6.07, 6.45) is -0.263. The molecule has 0 unspecified atom stereocenters. The molecule has 0 fully saturated rings. The molecular formula is C15H21N3O3. The van der Waals surface area contributed by atoms with E-state index in [0.717, 1.165) is 0 Å². The first-order valence-electron chi connectivity index (χ1n) is 7.09. The molecule has 0 aliphatic carbocycles. The first-order chi connectivity index (χ1) is 10.0. The number of rotatable bonds is 6. The third-order valence-electron chi connectivity index (χ3n) is 2.94. The van der Waals surface area contributed by atoms with E-state index in [4.69, 9.17) is 9.47 Å². The van der Waals surface area contributed by atoms with E-state index in [1.54, 1.807) is 0 Å². The topological polar surface area (TPSA) is 69.1 Å². The van der Waals surface area contributed by atoms with Crippen LogP contribution < -0.4 is 10.4 Å². The Morgan fingerprint density at radius 3 is 2.67 bits per heavy atom. The second-order valence-corrected chi connectivity index (χ2v) is 4.95. The number of hydrogen-bond acceptors (Lipinski definition) is 4. The highest BCUT2D eigenvalue weighted by molar-refractivity contribution is 5.47. The molecule has 1 atom stereocenters. The highest BCUT2D eigenvalue weighted by atomic mass is 16.5. The van der Waals surface area contributed by atoms with Gasteiger partial charge in [-0.1, -0.05) is 12.1 Å². The van der Waals surface area contributed by atoms with E-state index < -0.39 is 0 Å². The summed E-state index contributed by atoms with van der Waals surface area (Å²) in [6, 6.07) is 7.38. The average Bonchev–Trinajstić information content (AvgIpc) is 2.81. The van der Waals surface area contributed by atoms with Gasteiger partial charge in [0.15, 0.2) is 5.82 Å². The second kappa shape index (κ2) is 6.58. The zero-order valence-corrected chi connectivity index (χ0v) is 12.8. The van der Waals surface area contributed by atoms with Gasteiger partial charge in [-0.2, -0.15) is 5.10 Å². The van der Waals surface area contributed by atoms with Crippen molar-refractivity contribution in [3.8, 4) is 11.4 Å². The largest absolute Gasteiger partial charge is 0.492 e. The van der Waals surface area contributed by atoms with Gasteiger partial charge in [-0.3, -0.25) is 0 Å². The van der Waals surface area contributed by atoms with Gasteiger partial charge in [-0.25, -0.2) is 14.5 Å². The number of benzene rings is 1. The molecule has 0 spiro atoms. The number of aromatic amines is 1. The Kier molecular flexibility index (Phi) is 4.80. The fraction of sp³-hybridized carbons (Fsp3) is 0.467. The van der Waals surface area contributed by atoms with E-state index in [0.29, 0.717) is 23.9 Å². The molecule has 1 heterocycles. The van der Waals surface area contributed by atoms with E-state index in [2.05, 4.69) is 10.2 Å². The van der Waals surface area contributed by atoms with Crippen LogP contribution >= 0.6 is 0 Å². The Hall–Kier alpha value is -2.08. The zero-order chi connectivity index (χ0) is 15.4. The SMILES string of the molecule is CCOc1ccccc1-n1c([C@@H](C)OC(C)C)n[nH]c1=O. The Morgan fingerprint density at radius 2 is 2.00 bits per heavy atom. The van der Waals surface area contributed by atoms with Crippen LogP contribution in [0.3, 0.4) is 0 Å². The quantitative estimate of drug-likeness (QED) is 0.887. The molecule has 0 amide bonds. The molecule has 0 aliphatic heterocycles. The lowest BCUT2D eigenvalue weighted by atomic mass is 10.2. The third kappa shape index (κ3) is 3.33. The maximum absolute atomic E-state index is 12.1. The van der Waals surface area contributed by atoms with Crippen molar-refractivity contribution in [1.29, 1.82) is 0 Å². The molecule has 0 aliphatic rings. The molecule has 0 radical (unpaired) electrons. The van der Waals surface area contributed by atoms with Gasteiger partial charge in [-0.05, 0) is 39.8 Å². The molecule has 114 valence electrons. The molecule has 6 nitrogen and oxygen atoms in total. The summed E-state index contributed by atoms with van der Waals surface area (Å²) in [5.74, 6) is 1.17.